The summed E-state index contributed by atoms with van der Waals surface area (Å²) in [5, 5.41) is 10.9. The van der Waals surface area contributed by atoms with Crippen LogP contribution in [0.3, 0.4) is 0 Å². The van der Waals surface area contributed by atoms with E-state index in [2.05, 4.69) is 26.0 Å². The zero-order valence-electron chi connectivity index (χ0n) is 13.6. The summed E-state index contributed by atoms with van der Waals surface area (Å²) >= 11 is 13.9. The normalized spacial score (nSPS) is 10.7. The van der Waals surface area contributed by atoms with E-state index < -0.39 is 0 Å². The predicted octanol–water partition coefficient (Wildman–Crippen LogP) is 5.02. The van der Waals surface area contributed by atoms with Crippen LogP contribution in [0.4, 0.5) is 5.95 Å². The number of halogens is 2. The van der Waals surface area contributed by atoms with Crippen molar-refractivity contribution in [2.75, 3.05) is 5.73 Å². The van der Waals surface area contributed by atoms with Crippen molar-refractivity contribution in [2.45, 2.75) is 0 Å². The van der Waals surface area contributed by atoms with Crippen LogP contribution in [-0.4, -0.2) is 19.9 Å². The molecule has 0 aliphatic heterocycles. The fourth-order valence-corrected chi connectivity index (χ4v) is 4.42. The van der Waals surface area contributed by atoms with Crippen molar-refractivity contribution in [1.29, 1.82) is 5.26 Å². The Morgan fingerprint density at radius 1 is 1.11 bits per heavy atom. The summed E-state index contributed by atoms with van der Waals surface area (Å²) < 4.78 is 0. The molecule has 3 aromatic heterocycles. The molecule has 3 N–H and O–H groups in total. The molecule has 0 aliphatic carbocycles. The quantitative estimate of drug-likeness (QED) is 0.491. The first-order valence-corrected chi connectivity index (χ1v) is 9.26. The van der Waals surface area contributed by atoms with Crippen molar-refractivity contribution in [3.63, 3.8) is 0 Å². The molecule has 3 heterocycles. The predicted molar refractivity (Wildman–Crippen MR) is 108 cm³/mol. The van der Waals surface area contributed by atoms with E-state index in [1.165, 1.54) is 11.3 Å². The van der Waals surface area contributed by atoms with Gasteiger partial charge in [0.15, 0.2) is 0 Å². The van der Waals surface area contributed by atoms with Crippen molar-refractivity contribution in [1.82, 2.24) is 19.9 Å². The molecule has 1 aromatic carbocycles. The molecule has 0 amide bonds. The number of nitrogen functional groups attached to an aromatic ring is 1. The number of imidazole rings is 1. The first-order valence-electron chi connectivity index (χ1n) is 7.69. The van der Waals surface area contributed by atoms with Crippen molar-refractivity contribution in [2.24, 2.45) is 0 Å². The molecule has 0 fully saturated rings. The molecule has 0 bridgehead atoms. The van der Waals surface area contributed by atoms with Gasteiger partial charge in [-0.05, 0) is 18.2 Å². The van der Waals surface area contributed by atoms with E-state index in [4.69, 9.17) is 28.9 Å². The third-order valence-corrected chi connectivity index (χ3v) is 5.61. The van der Waals surface area contributed by atoms with Gasteiger partial charge >= 0.3 is 0 Å². The lowest BCUT2D eigenvalue weighted by Gasteiger charge is -2.07. The number of thiophene rings is 1. The standard InChI is InChI=1S/C18H10Cl2N6S/c19-9-1-2-10(12(20)7-9)14-11(8-21)15(13-3-4-25-18(22)26-13)27-16(14)17-23-5-6-24-17/h1-7H,(H,23,24)(H2,22,25,26). The van der Waals surface area contributed by atoms with Gasteiger partial charge in [-0.25, -0.2) is 15.0 Å². The minimum Gasteiger partial charge on any atom is -0.368 e. The summed E-state index contributed by atoms with van der Waals surface area (Å²) in [6.45, 7) is 0. The second-order valence-electron chi connectivity index (χ2n) is 5.48. The number of anilines is 1. The molecule has 132 valence electrons. The first-order chi connectivity index (χ1) is 13.1. The zero-order chi connectivity index (χ0) is 19.0. The maximum absolute atomic E-state index is 9.93. The van der Waals surface area contributed by atoms with Crippen molar-refractivity contribution in [3.05, 3.63) is 58.5 Å². The molecule has 9 heteroatoms. The Bertz CT molecular complexity index is 1180. The fraction of sp³-hybridized carbons (Fsp3) is 0. The van der Waals surface area contributed by atoms with Gasteiger partial charge in [0.1, 0.15) is 11.9 Å². The maximum atomic E-state index is 9.93. The Labute approximate surface area is 168 Å². The first kappa shape index (κ1) is 17.5. The second kappa shape index (κ2) is 7.00. The van der Waals surface area contributed by atoms with E-state index in [9.17, 15) is 5.26 Å². The van der Waals surface area contributed by atoms with Crippen molar-refractivity contribution >= 4 is 40.5 Å². The molecule has 6 nitrogen and oxygen atoms in total. The number of nitriles is 1. The highest BCUT2D eigenvalue weighted by Crippen LogP contribution is 2.47. The molecular formula is C18H10Cl2N6S. The third kappa shape index (κ3) is 3.15. The number of nitrogens with zero attached hydrogens (tertiary/aromatic N) is 4. The number of H-pyrrole nitrogens is 1. The van der Waals surface area contributed by atoms with Gasteiger partial charge in [-0.1, -0.05) is 29.3 Å². The average Bonchev–Trinajstić information content (AvgIpc) is 3.29. The molecule has 0 saturated heterocycles. The number of rotatable bonds is 3. The van der Waals surface area contributed by atoms with E-state index >= 15 is 0 Å². The lowest BCUT2D eigenvalue weighted by Crippen LogP contribution is -1.95. The number of benzene rings is 1. The number of aromatic nitrogens is 4. The summed E-state index contributed by atoms with van der Waals surface area (Å²) in [7, 11) is 0. The van der Waals surface area contributed by atoms with Gasteiger partial charge < -0.3 is 10.7 Å². The zero-order valence-corrected chi connectivity index (χ0v) is 15.9. The monoisotopic (exact) mass is 412 g/mol. The van der Waals surface area contributed by atoms with Crippen LogP contribution < -0.4 is 5.73 Å². The van der Waals surface area contributed by atoms with Crippen LogP contribution in [0.2, 0.25) is 10.0 Å². The summed E-state index contributed by atoms with van der Waals surface area (Å²) in [6.07, 6.45) is 4.92. The van der Waals surface area contributed by atoms with Crippen LogP contribution >= 0.6 is 34.5 Å². The smallest absolute Gasteiger partial charge is 0.220 e. The molecule has 0 atom stereocenters. The van der Waals surface area contributed by atoms with E-state index in [-0.39, 0.29) is 5.95 Å². The van der Waals surface area contributed by atoms with Gasteiger partial charge in [-0.15, -0.1) is 11.3 Å². The van der Waals surface area contributed by atoms with E-state index in [0.29, 0.717) is 43.1 Å². The minimum absolute atomic E-state index is 0.135. The Hall–Kier alpha value is -2.92. The van der Waals surface area contributed by atoms with Crippen LogP contribution in [0, 0.1) is 11.3 Å². The molecule has 0 spiro atoms. The van der Waals surface area contributed by atoms with Crippen LogP contribution in [0.25, 0.3) is 32.4 Å². The molecule has 27 heavy (non-hydrogen) atoms. The van der Waals surface area contributed by atoms with Gasteiger partial charge in [-0.3, -0.25) is 0 Å². The topological polar surface area (TPSA) is 104 Å². The van der Waals surface area contributed by atoms with Gasteiger partial charge in [0, 0.05) is 39.8 Å². The Morgan fingerprint density at radius 3 is 2.63 bits per heavy atom. The minimum atomic E-state index is 0.135. The summed E-state index contributed by atoms with van der Waals surface area (Å²) in [5.74, 6) is 0.765. The maximum Gasteiger partial charge on any atom is 0.220 e. The van der Waals surface area contributed by atoms with Crippen LogP contribution in [-0.2, 0) is 0 Å². The van der Waals surface area contributed by atoms with Crippen molar-refractivity contribution < 1.29 is 0 Å². The van der Waals surface area contributed by atoms with Gasteiger partial charge in [-0.2, -0.15) is 5.26 Å². The summed E-state index contributed by atoms with van der Waals surface area (Å²) in [4.78, 5) is 17.0. The lowest BCUT2D eigenvalue weighted by molar-refractivity contribution is 1.19. The molecule has 0 unspecified atom stereocenters. The van der Waals surface area contributed by atoms with Crippen LogP contribution in [0.15, 0.2) is 42.9 Å². The molecule has 4 aromatic rings. The lowest BCUT2D eigenvalue weighted by atomic mass is 9.99. The largest absolute Gasteiger partial charge is 0.368 e. The number of hydrogen-bond acceptors (Lipinski definition) is 6. The van der Waals surface area contributed by atoms with Crippen LogP contribution in [0.1, 0.15) is 5.56 Å². The van der Waals surface area contributed by atoms with Crippen LogP contribution in [0.5, 0.6) is 0 Å². The highest BCUT2D eigenvalue weighted by Gasteiger charge is 2.25. The molecular weight excluding hydrogens is 403 g/mol. The van der Waals surface area contributed by atoms with E-state index in [1.807, 2.05) is 0 Å². The number of aromatic amines is 1. The highest BCUT2D eigenvalue weighted by atomic mass is 35.5. The second-order valence-corrected chi connectivity index (χ2v) is 7.35. The average molecular weight is 413 g/mol. The summed E-state index contributed by atoms with van der Waals surface area (Å²) in [6, 6.07) is 9.16. The molecule has 4 rings (SSSR count). The fourth-order valence-electron chi connectivity index (χ4n) is 2.72. The molecule has 0 saturated carbocycles. The van der Waals surface area contributed by atoms with Gasteiger partial charge in [0.2, 0.25) is 5.95 Å². The molecule has 0 radical (unpaired) electrons. The van der Waals surface area contributed by atoms with Crippen molar-refractivity contribution in [3.8, 4) is 38.5 Å². The van der Waals surface area contributed by atoms with E-state index in [1.54, 1.807) is 42.9 Å². The Balaban J connectivity index is 2.06. The Kier molecular flexibility index (Phi) is 4.54. The third-order valence-electron chi connectivity index (χ3n) is 3.84. The number of hydrogen-bond donors (Lipinski definition) is 2. The van der Waals surface area contributed by atoms with E-state index in [0.717, 1.165) is 4.88 Å². The number of nitrogens with one attached hydrogen (secondary N) is 1. The van der Waals surface area contributed by atoms with Gasteiger partial charge in [0.25, 0.3) is 0 Å². The van der Waals surface area contributed by atoms with Gasteiger partial charge in [0.05, 0.1) is 21.0 Å². The number of nitrogens with two attached hydrogens (primary N) is 1. The Morgan fingerprint density at radius 2 is 1.96 bits per heavy atom. The highest BCUT2D eigenvalue weighted by molar-refractivity contribution is 7.19. The SMILES string of the molecule is N#Cc1c(-c2ccnc(N)n2)sc(-c2ncc[nH]2)c1-c1ccc(Cl)cc1Cl. The molecule has 0 aliphatic rings. The summed E-state index contributed by atoms with van der Waals surface area (Å²) in [5.41, 5.74) is 8.09.